The number of rotatable bonds is 4. The molecule has 3 nitrogen and oxygen atoms in total. The van der Waals surface area contributed by atoms with Gasteiger partial charge in [-0.25, -0.2) is 0 Å². The third-order valence-corrected chi connectivity index (χ3v) is 3.21. The zero-order valence-corrected chi connectivity index (χ0v) is 10.8. The summed E-state index contributed by atoms with van der Waals surface area (Å²) in [5.74, 6) is 0.177. The van der Waals surface area contributed by atoms with Crippen LogP contribution in [0.5, 0.6) is 11.5 Å². The predicted octanol–water partition coefficient (Wildman–Crippen LogP) is 2.99. The van der Waals surface area contributed by atoms with Crippen LogP contribution in [-0.2, 0) is 6.42 Å². The molecule has 0 aliphatic heterocycles. The van der Waals surface area contributed by atoms with Crippen molar-refractivity contribution < 1.29 is 9.84 Å². The number of halogens is 2. The fourth-order valence-corrected chi connectivity index (χ4v) is 1.97. The van der Waals surface area contributed by atoms with Gasteiger partial charge in [-0.3, -0.25) is 0 Å². The maximum absolute atomic E-state index is 9.73. The normalized spacial score (nSPS) is 12.6. The number of phenolic OH excluding ortho intramolecular Hbond substituents is 1. The molecule has 0 saturated heterocycles. The van der Waals surface area contributed by atoms with Crippen molar-refractivity contribution in [2.45, 2.75) is 25.8 Å². The molecule has 1 rings (SSSR count). The Morgan fingerprint density at radius 2 is 2.12 bits per heavy atom. The molecule has 0 amide bonds. The lowest BCUT2D eigenvalue weighted by Crippen LogP contribution is -2.21. The molecule has 0 bridgehead atoms. The second-order valence-electron chi connectivity index (χ2n) is 3.57. The van der Waals surface area contributed by atoms with E-state index in [1.807, 2.05) is 6.92 Å². The molecular weight excluding hydrogens is 249 g/mol. The van der Waals surface area contributed by atoms with Crippen LogP contribution in [-0.4, -0.2) is 18.3 Å². The van der Waals surface area contributed by atoms with Gasteiger partial charge in [0.2, 0.25) is 0 Å². The Labute approximate surface area is 105 Å². The fourth-order valence-electron chi connectivity index (χ4n) is 1.38. The molecule has 0 aliphatic carbocycles. The van der Waals surface area contributed by atoms with Crippen molar-refractivity contribution >= 4 is 23.2 Å². The predicted molar refractivity (Wildman–Crippen MR) is 66.6 cm³/mol. The first-order valence-corrected chi connectivity index (χ1v) is 5.76. The summed E-state index contributed by atoms with van der Waals surface area (Å²) in [5, 5.41) is 10.4. The number of hydrogen-bond acceptors (Lipinski definition) is 3. The van der Waals surface area contributed by atoms with E-state index in [1.165, 1.54) is 7.11 Å². The summed E-state index contributed by atoms with van der Waals surface area (Å²) < 4.78 is 4.94. The van der Waals surface area contributed by atoms with Crippen LogP contribution in [0.1, 0.15) is 18.9 Å². The van der Waals surface area contributed by atoms with Crippen molar-refractivity contribution in [2.24, 2.45) is 5.73 Å². The lowest BCUT2D eigenvalue weighted by atomic mass is 10.0. The Bertz CT molecular complexity index is 383. The fraction of sp³-hybridized carbons (Fsp3) is 0.455. The quantitative estimate of drug-likeness (QED) is 0.878. The highest BCUT2D eigenvalue weighted by atomic mass is 35.5. The first-order chi connectivity index (χ1) is 7.51. The van der Waals surface area contributed by atoms with Crippen LogP contribution in [0.2, 0.25) is 10.0 Å². The standard InChI is InChI=1S/C11H15Cl2NO2/c1-3-6(14)4-7-8(12)5-9(16-2)11(15)10(7)13/h5-6,15H,3-4,14H2,1-2H3. The Morgan fingerprint density at radius 1 is 1.50 bits per heavy atom. The molecule has 16 heavy (non-hydrogen) atoms. The van der Waals surface area contributed by atoms with E-state index in [-0.39, 0.29) is 22.6 Å². The van der Waals surface area contributed by atoms with Gasteiger partial charge in [-0.2, -0.15) is 0 Å². The summed E-state index contributed by atoms with van der Waals surface area (Å²) in [5.41, 5.74) is 6.50. The number of nitrogens with two attached hydrogens (primary N) is 1. The third-order valence-electron chi connectivity index (χ3n) is 2.46. The van der Waals surface area contributed by atoms with Gasteiger partial charge in [0.05, 0.1) is 12.1 Å². The SMILES string of the molecule is CCC(N)Cc1c(Cl)cc(OC)c(O)c1Cl. The smallest absolute Gasteiger partial charge is 0.177 e. The molecule has 0 aliphatic rings. The first kappa shape index (κ1) is 13.4. The number of methoxy groups -OCH3 is 1. The molecule has 1 unspecified atom stereocenters. The lowest BCUT2D eigenvalue weighted by molar-refractivity contribution is 0.373. The van der Waals surface area contributed by atoms with Crippen LogP contribution in [0, 0.1) is 0 Å². The van der Waals surface area contributed by atoms with Gasteiger partial charge in [0.25, 0.3) is 0 Å². The maximum Gasteiger partial charge on any atom is 0.177 e. The van der Waals surface area contributed by atoms with Gasteiger partial charge >= 0.3 is 0 Å². The van der Waals surface area contributed by atoms with Crippen molar-refractivity contribution in [3.63, 3.8) is 0 Å². The zero-order chi connectivity index (χ0) is 12.3. The van der Waals surface area contributed by atoms with E-state index in [4.69, 9.17) is 33.7 Å². The van der Waals surface area contributed by atoms with Crippen LogP contribution < -0.4 is 10.5 Å². The third kappa shape index (κ3) is 2.73. The van der Waals surface area contributed by atoms with Crippen molar-refractivity contribution in [3.05, 3.63) is 21.7 Å². The number of benzene rings is 1. The highest BCUT2D eigenvalue weighted by Crippen LogP contribution is 2.41. The zero-order valence-electron chi connectivity index (χ0n) is 9.26. The van der Waals surface area contributed by atoms with Crippen molar-refractivity contribution in [1.29, 1.82) is 0 Å². The van der Waals surface area contributed by atoms with Gasteiger partial charge in [-0.1, -0.05) is 30.1 Å². The van der Waals surface area contributed by atoms with Gasteiger partial charge in [0.1, 0.15) is 0 Å². The summed E-state index contributed by atoms with van der Waals surface area (Å²) in [7, 11) is 1.44. The molecule has 1 aromatic carbocycles. The van der Waals surface area contributed by atoms with Crippen LogP contribution in [0.3, 0.4) is 0 Å². The Balaban J connectivity index is 3.15. The van der Waals surface area contributed by atoms with E-state index < -0.39 is 0 Å². The molecule has 0 aromatic heterocycles. The second-order valence-corrected chi connectivity index (χ2v) is 4.36. The molecule has 5 heteroatoms. The summed E-state index contributed by atoms with van der Waals surface area (Å²) >= 11 is 12.1. The van der Waals surface area contributed by atoms with Gasteiger partial charge in [0.15, 0.2) is 11.5 Å². The average Bonchev–Trinajstić information content (AvgIpc) is 2.28. The van der Waals surface area contributed by atoms with Gasteiger partial charge in [-0.15, -0.1) is 0 Å². The Hall–Kier alpha value is -0.640. The largest absolute Gasteiger partial charge is 0.503 e. The van der Waals surface area contributed by atoms with E-state index in [1.54, 1.807) is 6.07 Å². The molecule has 0 spiro atoms. The topological polar surface area (TPSA) is 55.5 Å². The van der Waals surface area contributed by atoms with Crippen LogP contribution >= 0.6 is 23.2 Å². The molecule has 0 fully saturated rings. The van der Waals surface area contributed by atoms with Gasteiger partial charge < -0.3 is 15.6 Å². The minimum absolute atomic E-state index is 0.0252. The molecule has 0 heterocycles. The molecule has 1 atom stereocenters. The highest BCUT2D eigenvalue weighted by Gasteiger charge is 2.17. The summed E-state index contributed by atoms with van der Waals surface area (Å²) in [6.45, 7) is 1.98. The van der Waals surface area contributed by atoms with E-state index >= 15 is 0 Å². The maximum atomic E-state index is 9.73. The minimum Gasteiger partial charge on any atom is -0.503 e. The Kier molecular flexibility index (Phi) is 4.71. The van der Waals surface area contributed by atoms with Crippen molar-refractivity contribution in [3.8, 4) is 11.5 Å². The number of aromatic hydroxyl groups is 1. The molecule has 0 radical (unpaired) electrons. The van der Waals surface area contributed by atoms with Gasteiger partial charge in [-0.05, 0) is 18.4 Å². The molecule has 90 valence electrons. The number of phenols is 1. The van der Waals surface area contributed by atoms with Crippen molar-refractivity contribution in [2.75, 3.05) is 7.11 Å². The summed E-state index contributed by atoms with van der Waals surface area (Å²) in [4.78, 5) is 0. The highest BCUT2D eigenvalue weighted by molar-refractivity contribution is 6.37. The second kappa shape index (κ2) is 5.62. The minimum atomic E-state index is -0.0909. The van der Waals surface area contributed by atoms with Crippen LogP contribution in [0.25, 0.3) is 0 Å². The van der Waals surface area contributed by atoms with E-state index in [0.717, 1.165) is 6.42 Å². The van der Waals surface area contributed by atoms with E-state index in [0.29, 0.717) is 17.0 Å². The van der Waals surface area contributed by atoms with Crippen LogP contribution in [0.4, 0.5) is 0 Å². The van der Waals surface area contributed by atoms with E-state index in [9.17, 15) is 5.11 Å². The van der Waals surface area contributed by atoms with Crippen molar-refractivity contribution in [1.82, 2.24) is 0 Å². The molecule has 1 aromatic rings. The first-order valence-electron chi connectivity index (χ1n) is 5.00. The molecule has 3 N–H and O–H groups in total. The summed E-state index contributed by atoms with van der Waals surface area (Å²) in [6.07, 6.45) is 1.35. The molecular formula is C11H15Cl2NO2. The van der Waals surface area contributed by atoms with Crippen LogP contribution in [0.15, 0.2) is 6.07 Å². The Morgan fingerprint density at radius 3 is 2.62 bits per heavy atom. The molecule has 0 saturated carbocycles. The lowest BCUT2D eigenvalue weighted by Gasteiger charge is -2.14. The van der Waals surface area contributed by atoms with E-state index in [2.05, 4.69) is 0 Å². The van der Waals surface area contributed by atoms with Gasteiger partial charge in [0, 0.05) is 17.1 Å². The average molecular weight is 264 g/mol. The number of ether oxygens (including phenoxy) is 1. The monoisotopic (exact) mass is 263 g/mol. The number of hydrogen-bond donors (Lipinski definition) is 2. The summed E-state index contributed by atoms with van der Waals surface area (Å²) in [6, 6.07) is 1.52.